The summed E-state index contributed by atoms with van der Waals surface area (Å²) in [6, 6.07) is 19.3. The number of rotatable bonds is 9. The SMILES string of the molecule is Cc1cccc(-n2c(SCC(O)COCc3ccco3)nnc2-c2ccc(Cl)cc2)c1. The van der Waals surface area contributed by atoms with Gasteiger partial charge in [-0.05, 0) is 61.0 Å². The van der Waals surface area contributed by atoms with Crippen LogP contribution in [-0.4, -0.2) is 38.3 Å². The van der Waals surface area contributed by atoms with Gasteiger partial charge in [0.1, 0.15) is 12.4 Å². The fourth-order valence-corrected chi connectivity index (χ4v) is 4.04. The van der Waals surface area contributed by atoms with Crippen LogP contribution in [0.15, 0.2) is 76.5 Å². The van der Waals surface area contributed by atoms with Gasteiger partial charge in [0.15, 0.2) is 11.0 Å². The number of ether oxygens (including phenoxy) is 1. The molecule has 0 saturated heterocycles. The second kappa shape index (κ2) is 10.2. The zero-order valence-corrected chi connectivity index (χ0v) is 18.5. The van der Waals surface area contributed by atoms with E-state index >= 15 is 0 Å². The lowest BCUT2D eigenvalue weighted by Crippen LogP contribution is -2.18. The number of halogens is 1. The lowest BCUT2D eigenvalue weighted by Gasteiger charge is -2.13. The number of aliphatic hydroxyl groups excluding tert-OH is 1. The molecule has 4 aromatic rings. The monoisotopic (exact) mass is 455 g/mol. The zero-order valence-electron chi connectivity index (χ0n) is 16.9. The number of furan rings is 1. The molecule has 2 aromatic carbocycles. The molecule has 0 saturated carbocycles. The molecule has 0 aliphatic carbocycles. The fraction of sp³-hybridized carbons (Fsp3) is 0.217. The smallest absolute Gasteiger partial charge is 0.196 e. The minimum Gasteiger partial charge on any atom is -0.467 e. The highest BCUT2D eigenvalue weighted by molar-refractivity contribution is 7.99. The molecule has 1 N–H and O–H groups in total. The lowest BCUT2D eigenvalue weighted by atomic mass is 10.2. The van der Waals surface area contributed by atoms with Crippen LogP contribution < -0.4 is 0 Å². The van der Waals surface area contributed by atoms with Crippen LogP contribution in [0.25, 0.3) is 17.1 Å². The Hall–Kier alpha value is -2.58. The summed E-state index contributed by atoms with van der Waals surface area (Å²) in [6.07, 6.45) is 0.947. The molecule has 6 nitrogen and oxygen atoms in total. The van der Waals surface area contributed by atoms with Gasteiger partial charge in [0, 0.05) is 22.0 Å². The molecule has 2 heterocycles. The maximum absolute atomic E-state index is 10.4. The van der Waals surface area contributed by atoms with Crippen molar-refractivity contribution in [2.45, 2.75) is 24.8 Å². The van der Waals surface area contributed by atoms with Gasteiger partial charge in [0.05, 0.1) is 19.0 Å². The minimum absolute atomic E-state index is 0.205. The summed E-state index contributed by atoms with van der Waals surface area (Å²) in [4.78, 5) is 0. The molecule has 2 aromatic heterocycles. The molecule has 0 bridgehead atoms. The largest absolute Gasteiger partial charge is 0.467 e. The Morgan fingerprint density at radius 1 is 1.13 bits per heavy atom. The highest BCUT2D eigenvalue weighted by Crippen LogP contribution is 2.29. The highest BCUT2D eigenvalue weighted by atomic mass is 35.5. The highest BCUT2D eigenvalue weighted by Gasteiger charge is 2.18. The summed E-state index contributed by atoms with van der Waals surface area (Å²) in [5.41, 5.74) is 3.00. The molecule has 31 heavy (non-hydrogen) atoms. The lowest BCUT2D eigenvalue weighted by molar-refractivity contribution is 0.0328. The molecule has 0 fully saturated rings. The Labute approximate surface area is 189 Å². The van der Waals surface area contributed by atoms with Crippen LogP contribution in [0.2, 0.25) is 5.02 Å². The van der Waals surface area contributed by atoms with Crippen LogP contribution in [0.5, 0.6) is 0 Å². The molecule has 0 radical (unpaired) electrons. The van der Waals surface area contributed by atoms with Gasteiger partial charge in [-0.1, -0.05) is 35.5 Å². The van der Waals surface area contributed by atoms with E-state index in [0.717, 1.165) is 22.6 Å². The fourth-order valence-electron chi connectivity index (χ4n) is 3.06. The third-order valence-electron chi connectivity index (χ3n) is 4.54. The number of aliphatic hydroxyl groups is 1. The Bertz CT molecular complexity index is 1110. The number of benzene rings is 2. The molecular weight excluding hydrogens is 434 g/mol. The van der Waals surface area contributed by atoms with Crippen LogP contribution in [0.4, 0.5) is 0 Å². The third-order valence-corrected chi connectivity index (χ3v) is 5.86. The molecule has 8 heteroatoms. The zero-order chi connectivity index (χ0) is 21.6. The van der Waals surface area contributed by atoms with Crippen molar-refractivity contribution in [1.29, 1.82) is 0 Å². The van der Waals surface area contributed by atoms with Crippen LogP contribution in [0.1, 0.15) is 11.3 Å². The van der Waals surface area contributed by atoms with E-state index in [1.807, 2.05) is 60.0 Å². The van der Waals surface area contributed by atoms with Crippen molar-refractivity contribution in [2.24, 2.45) is 0 Å². The molecule has 0 amide bonds. The van der Waals surface area contributed by atoms with Crippen molar-refractivity contribution in [3.05, 3.63) is 83.3 Å². The summed E-state index contributed by atoms with van der Waals surface area (Å²) < 4.78 is 12.8. The number of aryl methyl sites for hydroxylation is 1. The normalized spacial score (nSPS) is 12.2. The van der Waals surface area contributed by atoms with Crippen molar-refractivity contribution < 1.29 is 14.3 Å². The van der Waals surface area contributed by atoms with Gasteiger partial charge in [-0.15, -0.1) is 10.2 Å². The summed E-state index contributed by atoms with van der Waals surface area (Å²) in [5, 5.41) is 20.5. The first-order chi connectivity index (χ1) is 15.1. The van der Waals surface area contributed by atoms with Crippen LogP contribution in [0.3, 0.4) is 0 Å². The van der Waals surface area contributed by atoms with E-state index in [0.29, 0.717) is 28.4 Å². The molecule has 160 valence electrons. The van der Waals surface area contributed by atoms with Gasteiger partial charge in [0.2, 0.25) is 0 Å². The van der Waals surface area contributed by atoms with Gasteiger partial charge in [-0.25, -0.2) is 0 Å². The Kier molecular flexibility index (Phi) is 7.09. The number of nitrogens with zero attached hydrogens (tertiary/aromatic N) is 3. The van der Waals surface area contributed by atoms with Crippen LogP contribution in [0, 0.1) is 6.92 Å². The van der Waals surface area contributed by atoms with Gasteiger partial charge >= 0.3 is 0 Å². The van der Waals surface area contributed by atoms with E-state index < -0.39 is 6.10 Å². The van der Waals surface area contributed by atoms with Gasteiger partial charge in [0.25, 0.3) is 0 Å². The van der Waals surface area contributed by atoms with Crippen molar-refractivity contribution in [3.63, 3.8) is 0 Å². The first kappa shape index (κ1) is 21.6. The number of aromatic nitrogens is 3. The molecule has 0 aliphatic rings. The molecule has 4 rings (SSSR count). The van der Waals surface area contributed by atoms with E-state index in [2.05, 4.69) is 16.3 Å². The number of hydrogen-bond donors (Lipinski definition) is 1. The Balaban J connectivity index is 1.51. The predicted molar refractivity (Wildman–Crippen MR) is 122 cm³/mol. The molecular formula is C23H22ClN3O3S. The quantitative estimate of drug-likeness (QED) is 0.351. The maximum atomic E-state index is 10.4. The standard InChI is InChI=1S/C23H22ClN3O3S/c1-16-4-2-5-19(12-16)27-22(17-7-9-18(24)10-8-17)25-26-23(27)31-15-20(28)13-29-14-21-6-3-11-30-21/h2-12,20,28H,13-15H2,1H3. The second-order valence-electron chi connectivity index (χ2n) is 7.05. The molecule has 0 spiro atoms. The van der Waals surface area contributed by atoms with Crippen molar-refractivity contribution in [2.75, 3.05) is 12.4 Å². The summed E-state index contributed by atoms with van der Waals surface area (Å²) in [5.74, 6) is 1.86. The number of thioether (sulfide) groups is 1. The van der Waals surface area contributed by atoms with Gasteiger partial charge in [-0.2, -0.15) is 0 Å². The van der Waals surface area contributed by atoms with Crippen LogP contribution >= 0.6 is 23.4 Å². The Morgan fingerprint density at radius 3 is 2.71 bits per heavy atom. The van der Waals surface area contributed by atoms with Crippen LogP contribution in [-0.2, 0) is 11.3 Å². The number of hydrogen-bond acceptors (Lipinski definition) is 6. The van der Waals surface area contributed by atoms with Gasteiger partial charge < -0.3 is 14.3 Å². The van der Waals surface area contributed by atoms with Crippen molar-refractivity contribution in [3.8, 4) is 17.1 Å². The summed E-state index contributed by atoms with van der Waals surface area (Å²) >= 11 is 7.48. The van der Waals surface area contributed by atoms with E-state index in [9.17, 15) is 5.11 Å². The average Bonchev–Trinajstić information content (AvgIpc) is 3.43. The van der Waals surface area contributed by atoms with Gasteiger partial charge in [-0.3, -0.25) is 4.57 Å². The summed E-state index contributed by atoms with van der Waals surface area (Å²) in [6.45, 7) is 2.58. The molecule has 0 aliphatic heterocycles. The second-order valence-corrected chi connectivity index (χ2v) is 8.47. The first-order valence-electron chi connectivity index (χ1n) is 9.79. The minimum atomic E-state index is -0.651. The average molecular weight is 456 g/mol. The van der Waals surface area contributed by atoms with Crippen molar-refractivity contribution in [1.82, 2.24) is 14.8 Å². The molecule has 1 unspecified atom stereocenters. The van der Waals surface area contributed by atoms with E-state index in [1.54, 1.807) is 12.3 Å². The Morgan fingerprint density at radius 2 is 1.97 bits per heavy atom. The molecule has 1 atom stereocenters. The first-order valence-corrected chi connectivity index (χ1v) is 11.2. The van der Waals surface area contributed by atoms with E-state index in [1.165, 1.54) is 11.8 Å². The van der Waals surface area contributed by atoms with E-state index in [4.69, 9.17) is 20.8 Å². The summed E-state index contributed by atoms with van der Waals surface area (Å²) in [7, 11) is 0. The van der Waals surface area contributed by atoms with E-state index in [-0.39, 0.29) is 6.61 Å². The van der Waals surface area contributed by atoms with Crippen molar-refractivity contribution >= 4 is 23.4 Å². The maximum Gasteiger partial charge on any atom is 0.196 e. The topological polar surface area (TPSA) is 73.3 Å². The third kappa shape index (κ3) is 5.57. The predicted octanol–water partition coefficient (Wildman–Crippen LogP) is 5.16.